The Bertz CT molecular complexity index is 2570. The van der Waals surface area contributed by atoms with E-state index in [-0.39, 0.29) is 0 Å². The van der Waals surface area contributed by atoms with Crippen molar-refractivity contribution >= 4 is 44.8 Å². The third-order valence-corrected chi connectivity index (χ3v) is 9.42. The Kier molecular flexibility index (Phi) is 11.3. The van der Waals surface area contributed by atoms with Crippen molar-refractivity contribution < 1.29 is 9.47 Å². The first kappa shape index (κ1) is 36.6. The van der Waals surface area contributed by atoms with Crippen LogP contribution in [0.3, 0.4) is 0 Å². The second kappa shape index (κ2) is 17.4. The summed E-state index contributed by atoms with van der Waals surface area (Å²) in [5, 5.41) is 23.8. The van der Waals surface area contributed by atoms with Crippen LogP contribution in [0.2, 0.25) is 0 Å². The Hall–Kier alpha value is -7.80. The smallest absolute Gasteiger partial charge is 0.119 e. The number of hydrogen-bond acceptors (Lipinski definition) is 6. The first-order valence-electron chi connectivity index (χ1n) is 17.9. The Balaban J connectivity index is 0.000000172. The van der Waals surface area contributed by atoms with E-state index in [4.69, 9.17) is 9.47 Å². The number of nitrogens with zero attached hydrogens (tertiary/aromatic N) is 4. The molecule has 0 unspecified atom stereocenters. The maximum absolute atomic E-state index is 9.67. The highest BCUT2D eigenvalue weighted by molar-refractivity contribution is 5.94. The fraction of sp³-hybridized carbons (Fsp3) is 0.0400. The summed E-state index contributed by atoms with van der Waals surface area (Å²) < 4.78 is 10.6. The minimum Gasteiger partial charge on any atom is -0.497 e. The van der Waals surface area contributed by atoms with Gasteiger partial charge in [-0.2, -0.15) is 10.5 Å². The number of ether oxygens (including phenoxy) is 2. The van der Waals surface area contributed by atoms with Crippen LogP contribution in [0.25, 0.3) is 67.1 Å². The molecule has 0 N–H and O–H groups in total. The average Bonchev–Trinajstić information content (AvgIpc) is 3.28. The van der Waals surface area contributed by atoms with E-state index in [2.05, 4.69) is 34.2 Å². The second-order valence-corrected chi connectivity index (χ2v) is 12.9. The molecule has 0 spiro atoms. The summed E-state index contributed by atoms with van der Waals surface area (Å²) in [4.78, 5) is 8.10. The fourth-order valence-corrected chi connectivity index (χ4v) is 6.38. The number of pyridine rings is 2. The Morgan fingerprint density at radius 2 is 0.768 bits per heavy atom. The van der Waals surface area contributed by atoms with Crippen molar-refractivity contribution in [3.05, 3.63) is 193 Å². The molecule has 6 nitrogen and oxygen atoms in total. The number of allylic oxidation sites excluding steroid dienone is 2. The van der Waals surface area contributed by atoms with E-state index >= 15 is 0 Å². The molecular formula is C50H36N4O2. The third-order valence-electron chi connectivity index (χ3n) is 9.42. The predicted octanol–water partition coefficient (Wildman–Crippen LogP) is 11.9. The molecule has 0 aliphatic heterocycles. The summed E-state index contributed by atoms with van der Waals surface area (Å²) in [5.74, 6) is 1.67. The van der Waals surface area contributed by atoms with Crippen LogP contribution < -0.4 is 9.47 Å². The molecule has 0 fully saturated rings. The van der Waals surface area contributed by atoms with Crippen molar-refractivity contribution in [1.82, 2.24) is 9.97 Å². The average molecular weight is 725 g/mol. The molecule has 0 saturated heterocycles. The molecule has 6 heteroatoms. The molecule has 8 rings (SSSR count). The topological polar surface area (TPSA) is 91.8 Å². The van der Waals surface area contributed by atoms with Crippen molar-refractivity contribution in [3.8, 4) is 45.9 Å². The molecular weight excluding hydrogens is 689 g/mol. The highest BCUT2D eigenvalue weighted by atomic mass is 16.5. The van der Waals surface area contributed by atoms with Gasteiger partial charge in [0.25, 0.3) is 0 Å². The Labute approximate surface area is 326 Å². The predicted molar refractivity (Wildman–Crippen MR) is 227 cm³/mol. The molecule has 0 bridgehead atoms. The maximum atomic E-state index is 9.67. The van der Waals surface area contributed by atoms with Gasteiger partial charge < -0.3 is 9.47 Å². The number of rotatable bonds is 8. The van der Waals surface area contributed by atoms with Gasteiger partial charge in [-0.15, -0.1) is 0 Å². The monoisotopic (exact) mass is 724 g/mol. The molecule has 0 atom stereocenters. The lowest BCUT2D eigenvalue weighted by atomic mass is 9.99. The van der Waals surface area contributed by atoms with E-state index in [0.717, 1.165) is 77.6 Å². The van der Waals surface area contributed by atoms with Crippen LogP contribution in [0.4, 0.5) is 0 Å². The highest BCUT2D eigenvalue weighted by Crippen LogP contribution is 2.28. The van der Waals surface area contributed by atoms with E-state index in [9.17, 15) is 10.5 Å². The van der Waals surface area contributed by atoms with E-state index in [1.165, 1.54) is 0 Å². The number of methoxy groups -OCH3 is 2. The summed E-state index contributed by atoms with van der Waals surface area (Å²) in [5.41, 5.74) is 9.46. The van der Waals surface area contributed by atoms with Crippen LogP contribution in [-0.2, 0) is 0 Å². The lowest BCUT2D eigenvalue weighted by Crippen LogP contribution is -1.85. The zero-order valence-electron chi connectivity index (χ0n) is 30.9. The molecule has 56 heavy (non-hydrogen) atoms. The van der Waals surface area contributed by atoms with Crippen LogP contribution in [0.1, 0.15) is 22.3 Å². The summed E-state index contributed by atoms with van der Waals surface area (Å²) in [6, 6.07) is 52.8. The van der Waals surface area contributed by atoms with Gasteiger partial charge in [0, 0.05) is 24.8 Å². The first-order valence-corrected chi connectivity index (χ1v) is 17.9. The van der Waals surface area contributed by atoms with Gasteiger partial charge in [-0.1, -0.05) is 84.9 Å². The lowest BCUT2D eigenvalue weighted by Gasteiger charge is -2.05. The van der Waals surface area contributed by atoms with E-state index in [1.54, 1.807) is 39.0 Å². The van der Waals surface area contributed by atoms with Crippen LogP contribution in [0.15, 0.2) is 170 Å². The Morgan fingerprint density at radius 3 is 1.12 bits per heavy atom. The van der Waals surface area contributed by atoms with Crippen molar-refractivity contribution in [3.63, 3.8) is 0 Å². The molecule has 6 aromatic carbocycles. The molecule has 0 aliphatic rings. The normalized spacial score (nSPS) is 11.2. The second-order valence-electron chi connectivity index (χ2n) is 12.9. The molecule has 0 aliphatic carbocycles. The summed E-state index contributed by atoms with van der Waals surface area (Å²) >= 11 is 0. The van der Waals surface area contributed by atoms with Crippen molar-refractivity contribution in [2.45, 2.75) is 0 Å². The van der Waals surface area contributed by atoms with Crippen molar-refractivity contribution in [2.24, 2.45) is 0 Å². The third kappa shape index (κ3) is 8.69. The quantitative estimate of drug-likeness (QED) is 0.114. The van der Waals surface area contributed by atoms with Gasteiger partial charge in [-0.05, 0) is 139 Å². The maximum Gasteiger partial charge on any atom is 0.119 e. The van der Waals surface area contributed by atoms with Crippen LogP contribution in [-0.4, -0.2) is 24.2 Å². The summed E-state index contributed by atoms with van der Waals surface area (Å²) in [6.45, 7) is 0. The van der Waals surface area contributed by atoms with Crippen molar-refractivity contribution in [1.29, 1.82) is 10.5 Å². The van der Waals surface area contributed by atoms with Crippen LogP contribution in [0, 0.1) is 22.7 Å². The fourth-order valence-electron chi connectivity index (χ4n) is 6.38. The van der Waals surface area contributed by atoms with Gasteiger partial charge in [0.2, 0.25) is 0 Å². The Morgan fingerprint density at radius 1 is 0.429 bits per heavy atom. The minimum atomic E-state index is 0.633. The van der Waals surface area contributed by atoms with Gasteiger partial charge in [-0.3, -0.25) is 9.97 Å². The summed E-state index contributed by atoms with van der Waals surface area (Å²) in [7, 11) is 3.33. The molecule has 268 valence electrons. The van der Waals surface area contributed by atoms with E-state index in [0.29, 0.717) is 11.1 Å². The zero-order valence-corrected chi connectivity index (χ0v) is 30.9. The van der Waals surface area contributed by atoms with Crippen molar-refractivity contribution in [2.75, 3.05) is 14.2 Å². The number of aromatic nitrogens is 2. The molecule has 8 aromatic rings. The van der Waals surface area contributed by atoms with E-state index in [1.807, 2.05) is 146 Å². The number of hydrogen-bond donors (Lipinski definition) is 0. The number of benzene rings is 6. The highest BCUT2D eigenvalue weighted by Gasteiger charge is 2.06. The van der Waals surface area contributed by atoms with Gasteiger partial charge in [-0.25, -0.2) is 0 Å². The number of nitriles is 2. The van der Waals surface area contributed by atoms with Crippen LogP contribution in [0.5, 0.6) is 11.5 Å². The van der Waals surface area contributed by atoms with Gasteiger partial charge in [0.15, 0.2) is 0 Å². The van der Waals surface area contributed by atoms with Gasteiger partial charge >= 0.3 is 0 Å². The lowest BCUT2D eigenvalue weighted by molar-refractivity contribution is 0.415. The van der Waals surface area contributed by atoms with Gasteiger partial charge in [0.1, 0.15) is 11.5 Å². The van der Waals surface area contributed by atoms with Gasteiger partial charge in [0.05, 0.1) is 37.5 Å². The molecule has 2 heterocycles. The van der Waals surface area contributed by atoms with E-state index < -0.39 is 0 Å². The molecule has 0 saturated carbocycles. The summed E-state index contributed by atoms with van der Waals surface area (Å²) in [6.07, 6.45) is 11.0. The number of fused-ring (bicyclic) bond motifs is 2. The largest absolute Gasteiger partial charge is 0.497 e. The molecule has 0 amide bonds. The van der Waals surface area contributed by atoms with Crippen LogP contribution >= 0.6 is 0 Å². The molecule has 2 aromatic heterocycles. The molecule has 0 radical (unpaired) electrons. The first-order chi connectivity index (χ1) is 27.5. The standard InChI is InChI=1S/2C25H18N2O/c2*1-28-25-9-8-22-14-18(2-3-23(22)16-25)15-24(17-26)20-6-4-19(5-7-20)21-10-12-27-13-11-21/h2*2-16H,1H3/b2*24-15+. The minimum absolute atomic E-state index is 0.633. The zero-order chi connectivity index (χ0) is 38.7. The SMILES string of the molecule is COc1ccc2cc(/C=C(\C#N)c3ccc(-c4ccncc4)cc3)ccc2c1.COc1ccc2cc(/C=C(\C#N)c3ccc(-c4ccncc4)cc3)ccc2c1.